The first-order valence-electron chi connectivity index (χ1n) is 12.2. The van der Waals surface area contributed by atoms with Gasteiger partial charge in [0.1, 0.15) is 12.4 Å². The molecule has 0 bridgehead atoms. The number of hydrogen-bond acceptors (Lipinski definition) is 7. The number of methoxy groups -OCH3 is 1. The quantitative estimate of drug-likeness (QED) is 0.236. The second kappa shape index (κ2) is 11.0. The van der Waals surface area contributed by atoms with Gasteiger partial charge in [-0.05, 0) is 79.1 Å². The molecule has 0 fully saturated rings. The molecule has 2 aromatic heterocycles. The van der Waals surface area contributed by atoms with Gasteiger partial charge < -0.3 is 20.1 Å². The predicted octanol–water partition coefficient (Wildman–Crippen LogP) is 6.76. The van der Waals surface area contributed by atoms with Crippen molar-refractivity contribution in [3.8, 4) is 22.8 Å². The highest BCUT2D eigenvalue weighted by Gasteiger charge is 2.13. The Morgan fingerprint density at radius 2 is 1.73 bits per heavy atom. The van der Waals surface area contributed by atoms with Crippen LogP contribution in [0.3, 0.4) is 0 Å². The first kappa shape index (κ1) is 24.1. The Bertz CT molecular complexity index is 1520. The molecule has 0 saturated heterocycles. The van der Waals surface area contributed by atoms with E-state index in [4.69, 9.17) is 14.5 Å². The van der Waals surface area contributed by atoms with E-state index in [1.165, 1.54) is 0 Å². The minimum atomic E-state index is 0.411. The number of rotatable bonds is 9. The van der Waals surface area contributed by atoms with Gasteiger partial charge in [0.15, 0.2) is 0 Å². The summed E-state index contributed by atoms with van der Waals surface area (Å²) in [5.74, 6) is 1.96. The monoisotopic (exact) mass is 491 g/mol. The smallest absolute Gasteiger partial charge is 0.227 e. The Kier molecular flexibility index (Phi) is 7.12. The number of nitrogens with zero attached hydrogens (tertiary/aromatic N) is 3. The molecule has 5 rings (SSSR count). The van der Waals surface area contributed by atoms with Crippen LogP contribution in [0.25, 0.3) is 22.0 Å². The van der Waals surface area contributed by atoms with Gasteiger partial charge in [-0.1, -0.05) is 24.3 Å². The van der Waals surface area contributed by atoms with Gasteiger partial charge in [-0.2, -0.15) is 0 Å². The van der Waals surface area contributed by atoms with E-state index in [0.29, 0.717) is 18.4 Å². The van der Waals surface area contributed by atoms with Crippen molar-refractivity contribution in [1.29, 1.82) is 0 Å². The highest BCUT2D eigenvalue weighted by molar-refractivity contribution is 5.86. The average Bonchev–Trinajstić information content (AvgIpc) is 2.92. The minimum Gasteiger partial charge on any atom is -0.497 e. The second-order valence-electron chi connectivity index (χ2n) is 8.65. The summed E-state index contributed by atoms with van der Waals surface area (Å²) in [5, 5.41) is 7.55. The van der Waals surface area contributed by atoms with Crippen molar-refractivity contribution < 1.29 is 9.47 Å². The van der Waals surface area contributed by atoms with Gasteiger partial charge in [0.05, 0.1) is 12.6 Å². The minimum absolute atomic E-state index is 0.411. The Morgan fingerprint density at radius 1 is 0.892 bits per heavy atom. The molecule has 0 saturated carbocycles. The van der Waals surface area contributed by atoms with E-state index in [2.05, 4.69) is 46.6 Å². The van der Waals surface area contributed by atoms with Crippen LogP contribution in [0, 0.1) is 6.92 Å². The van der Waals surface area contributed by atoms with Gasteiger partial charge >= 0.3 is 0 Å². The number of ether oxygens (including phenoxy) is 2. The number of anilines is 3. The zero-order valence-electron chi connectivity index (χ0n) is 21.2. The number of hydrogen-bond donors (Lipinski definition) is 2. The molecule has 0 aliphatic rings. The molecular formula is C30H29N5O2. The fourth-order valence-corrected chi connectivity index (χ4v) is 4.16. The van der Waals surface area contributed by atoms with Gasteiger partial charge in [-0.25, -0.2) is 15.0 Å². The lowest BCUT2D eigenvalue weighted by Crippen LogP contribution is -2.01. The normalized spacial score (nSPS) is 10.8. The molecule has 0 atom stereocenters. The predicted molar refractivity (Wildman–Crippen MR) is 149 cm³/mol. The largest absolute Gasteiger partial charge is 0.497 e. The van der Waals surface area contributed by atoms with Gasteiger partial charge in [0.25, 0.3) is 0 Å². The summed E-state index contributed by atoms with van der Waals surface area (Å²) in [7, 11) is 1.66. The standard InChI is InChI=1S/C30H29N5O2/c1-4-31-24-6-5-7-25(17-24)34-30-33-18-23-16-22(10-13-27(23)35-30)28-20(2)14-15-32-29(28)37-19-21-8-11-26(36-3)12-9-21/h5-18,31H,4,19H2,1-3H3,(H,33,34,35). The maximum atomic E-state index is 6.16. The lowest BCUT2D eigenvalue weighted by atomic mass is 10.0. The van der Waals surface area contributed by atoms with Crippen LogP contribution in [0.2, 0.25) is 0 Å². The number of fused-ring (bicyclic) bond motifs is 1. The van der Waals surface area contributed by atoms with Crippen LogP contribution in [0.15, 0.2) is 85.2 Å². The number of benzene rings is 3. The van der Waals surface area contributed by atoms with E-state index in [1.807, 2.05) is 66.9 Å². The summed E-state index contributed by atoms with van der Waals surface area (Å²) < 4.78 is 11.4. The summed E-state index contributed by atoms with van der Waals surface area (Å²) in [5.41, 5.74) is 6.92. The Hall–Kier alpha value is -4.65. The molecule has 0 aliphatic heterocycles. The number of aromatic nitrogens is 3. The third-order valence-electron chi connectivity index (χ3n) is 6.03. The molecule has 0 amide bonds. The van der Waals surface area contributed by atoms with Gasteiger partial charge in [-0.3, -0.25) is 0 Å². The fraction of sp³-hybridized carbons (Fsp3) is 0.167. The summed E-state index contributed by atoms with van der Waals surface area (Å²) in [6.07, 6.45) is 3.61. The van der Waals surface area contributed by atoms with Gasteiger partial charge in [0.2, 0.25) is 11.8 Å². The van der Waals surface area contributed by atoms with Crippen LogP contribution in [-0.4, -0.2) is 28.6 Å². The maximum absolute atomic E-state index is 6.16. The molecule has 0 unspecified atom stereocenters. The summed E-state index contributed by atoms with van der Waals surface area (Å²) in [6, 6.07) is 24.0. The van der Waals surface area contributed by atoms with Crippen molar-refractivity contribution >= 4 is 28.2 Å². The van der Waals surface area contributed by atoms with E-state index >= 15 is 0 Å². The van der Waals surface area contributed by atoms with Crippen LogP contribution >= 0.6 is 0 Å². The molecule has 7 heteroatoms. The molecule has 186 valence electrons. The zero-order valence-corrected chi connectivity index (χ0v) is 21.2. The van der Waals surface area contributed by atoms with Crippen molar-refractivity contribution in [3.05, 3.63) is 96.3 Å². The first-order valence-corrected chi connectivity index (χ1v) is 12.2. The van der Waals surface area contributed by atoms with E-state index in [9.17, 15) is 0 Å². The molecule has 0 spiro atoms. The average molecular weight is 492 g/mol. The van der Waals surface area contributed by atoms with E-state index in [-0.39, 0.29) is 0 Å². The van der Waals surface area contributed by atoms with Crippen LogP contribution in [0.1, 0.15) is 18.1 Å². The highest BCUT2D eigenvalue weighted by atomic mass is 16.5. The fourth-order valence-electron chi connectivity index (χ4n) is 4.16. The van der Waals surface area contributed by atoms with Crippen LogP contribution in [0.5, 0.6) is 11.6 Å². The molecule has 2 heterocycles. The highest BCUT2D eigenvalue weighted by Crippen LogP contribution is 2.33. The second-order valence-corrected chi connectivity index (χ2v) is 8.65. The van der Waals surface area contributed by atoms with Gasteiger partial charge in [-0.15, -0.1) is 0 Å². The third kappa shape index (κ3) is 5.62. The van der Waals surface area contributed by atoms with Crippen LogP contribution < -0.4 is 20.1 Å². The topological polar surface area (TPSA) is 81.2 Å². The number of aryl methyl sites for hydroxylation is 1. The third-order valence-corrected chi connectivity index (χ3v) is 6.03. The maximum Gasteiger partial charge on any atom is 0.227 e. The lowest BCUT2D eigenvalue weighted by molar-refractivity contribution is 0.295. The molecule has 5 aromatic rings. The zero-order chi connectivity index (χ0) is 25.6. The number of pyridine rings is 1. The van der Waals surface area contributed by atoms with Crippen molar-refractivity contribution in [2.24, 2.45) is 0 Å². The SMILES string of the molecule is CCNc1cccc(Nc2ncc3cc(-c4c(C)ccnc4OCc4ccc(OC)cc4)ccc3n2)c1. The van der Waals surface area contributed by atoms with Gasteiger partial charge in [0, 0.05) is 41.3 Å². The number of nitrogens with one attached hydrogen (secondary N) is 2. The Morgan fingerprint density at radius 3 is 2.54 bits per heavy atom. The molecular weight excluding hydrogens is 462 g/mol. The van der Waals surface area contributed by atoms with Crippen molar-refractivity contribution in [2.45, 2.75) is 20.5 Å². The van der Waals surface area contributed by atoms with Crippen LogP contribution in [-0.2, 0) is 6.61 Å². The van der Waals surface area contributed by atoms with Crippen molar-refractivity contribution in [1.82, 2.24) is 15.0 Å². The van der Waals surface area contributed by atoms with E-state index in [0.717, 1.165) is 56.8 Å². The molecule has 37 heavy (non-hydrogen) atoms. The molecule has 0 aliphatic carbocycles. The molecule has 7 nitrogen and oxygen atoms in total. The van der Waals surface area contributed by atoms with Crippen LogP contribution in [0.4, 0.5) is 17.3 Å². The molecule has 0 radical (unpaired) electrons. The summed E-state index contributed by atoms with van der Waals surface area (Å²) >= 11 is 0. The van der Waals surface area contributed by atoms with E-state index in [1.54, 1.807) is 13.3 Å². The van der Waals surface area contributed by atoms with Crippen molar-refractivity contribution in [3.63, 3.8) is 0 Å². The summed E-state index contributed by atoms with van der Waals surface area (Å²) in [4.78, 5) is 13.8. The summed E-state index contributed by atoms with van der Waals surface area (Å²) in [6.45, 7) is 5.41. The molecule has 2 N–H and O–H groups in total. The van der Waals surface area contributed by atoms with E-state index < -0.39 is 0 Å². The van der Waals surface area contributed by atoms with Crippen molar-refractivity contribution in [2.75, 3.05) is 24.3 Å². The molecule has 3 aromatic carbocycles. The Labute approximate surface area is 216 Å². The first-order chi connectivity index (χ1) is 18.1. The Balaban J connectivity index is 1.38. The lowest BCUT2D eigenvalue weighted by Gasteiger charge is -2.14.